The van der Waals surface area contributed by atoms with Gasteiger partial charge in [0.2, 0.25) is 0 Å². The Labute approximate surface area is 172 Å². The first-order chi connectivity index (χ1) is 14.5. The molecule has 0 spiro atoms. The van der Waals surface area contributed by atoms with E-state index in [-0.39, 0.29) is 11.5 Å². The molecule has 0 saturated carbocycles. The standard InChI is InChI=1S/C22H20N6O2/c1-12(2)14-10-25-20(13-6-4-3-5-7-13)28-21(14)27-16-8-9-24-22-17(16)15(11-26-22)18(29)19(23)30/h3-12H,1-2H3,(H2,23,30)(H2,24,25,26,27,28). The van der Waals surface area contributed by atoms with Crippen molar-refractivity contribution in [1.29, 1.82) is 0 Å². The molecular formula is C22H20N6O2. The lowest BCUT2D eigenvalue weighted by Crippen LogP contribution is -2.22. The van der Waals surface area contributed by atoms with Crippen molar-refractivity contribution in [2.24, 2.45) is 5.73 Å². The summed E-state index contributed by atoms with van der Waals surface area (Å²) >= 11 is 0. The monoisotopic (exact) mass is 400 g/mol. The fourth-order valence-electron chi connectivity index (χ4n) is 3.24. The number of aromatic amines is 1. The number of carbonyl (C=O) groups excluding carboxylic acids is 2. The zero-order valence-electron chi connectivity index (χ0n) is 16.5. The summed E-state index contributed by atoms with van der Waals surface area (Å²) in [5.41, 5.74) is 8.23. The summed E-state index contributed by atoms with van der Waals surface area (Å²) in [5.74, 6) is -0.455. The number of anilines is 2. The van der Waals surface area contributed by atoms with Crippen molar-refractivity contribution < 1.29 is 9.59 Å². The minimum absolute atomic E-state index is 0.160. The molecule has 4 aromatic rings. The molecule has 3 aromatic heterocycles. The number of carbonyl (C=O) groups is 2. The molecule has 0 bridgehead atoms. The number of benzene rings is 1. The maximum absolute atomic E-state index is 12.3. The van der Waals surface area contributed by atoms with Crippen LogP contribution < -0.4 is 11.1 Å². The molecule has 0 atom stereocenters. The molecule has 0 aliphatic carbocycles. The van der Waals surface area contributed by atoms with E-state index in [1.54, 1.807) is 18.5 Å². The average molecular weight is 400 g/mol. The molecule has 4 N–H and O–H groups in total. The van der Waals surface area contributed by atoms with Crippen LogP contribution in [0, 0.1) is 0 Å². The van der Waals surface area contributed by atoms with E-state index in [1.807, 2.05) is 44.2 Å². The van der Waals surface area contributed by atoms with E-state index in [4.69, 9.17) is 10.7 Å². The topological polar surface area (TPSA) is 127 Å². The van der Waals surface area contributed by atoms with Crippen LogP contribution in [0.3, 0.4) is 0 Å². The lowest BCUT2D eigenvalue weighted by Gasteiger charge is -2.15. The Bertz CT molecular complexity index is 1250. The van der Waals surface area contributed by atoms with E-state index in [0.717, 1.165) is 11.1 Å². The van der Waals surface area contributed by atoms with Gasteiger partial charge in [-0.2, -0.15) is 0 Å². The summed E-state index contributed by atoms with van der Waals surface area (Å²) in [4.78, 5) is 40.1. The van der Waals surface area contributed by atoms with Crippen LogP contribution in [0.25, 0.3) is 22.4 Å². The predicted molar refractivity (Wildman–Crippen MR) is 114 cm³/mol. The van der Waals surface area contributed by atoms with Crippen molar-refractivity contribution in [2.75, 3.05) is 5.32 Å². The van der Waals surface area contributed by atoms with Crippen LogP contribution in [0.15, 0.2) is 55.0 Å². The number of aromatic nitrogens is 4. The van der Waals surface area contributed by atoms with Gasteiger partial charge in [-0.1, -0.05) is 44.2 Å². The Morgan fingerprint density at radius 3 is 2.57 bits per heavy atom. The molecule has 0 saturated heterocycles. The van der Waals surface area contributed by atoms with Crippen molar-refractivity contribution in [3.05, 3.63) is 66.1 Å². The van der Waals surface area contributed by atoms with Crippen LogP contribution in [0.4, 0.5) is 11.5 Å². The van der Waals surface area contributed by atoms with E-state index < -0.39 is 11.7 Å². The van der Waals surface area contributed by atoms with Crippen LogP contribution in [0.2, 0.25) is 0 Å². The Balaban J connectivity index is 1.84. The number of nitrogens with two attached hydrogens (primary N) is 1. The average Bonchev–Trinajstić information content (AvgIpc) is 3.18. The van der Waals surface area contributed by atoms with Crippen LogP contribution in [0.1, 0.15) is 35.7 Å². The van der Waals surface area contributed by atoms with Gasteiger partial charge in [-0.3, -0.25) is 9.59 Å². The Kier molecular flexibility index (Phi) is 4.97. The van der Waals surface area contributed by atoms with Gasteiger partial charge in [0.05, 0.1) is 16.6 Å². The number of amides is 1. The zero-order valence-corrected chi connectivity index (χ0v) is 16.5. The second-order valence-electron chi connectivity index (χ2n) is 7.12. The van der Waals surface area contributed by atoms with Crippen molar-refractivity contribution in [3.63, 3.8) is 0 Å². The molecule has 3 heterocycles. The van der Waals surface area contributed by atoms with Crippen LogP contribution in [-0.4, -0.2) is 31.6 Å². The third-order valence-electron chi connectivity index (χ3n) is 4.77. The van der Waals surface area contributed by atoms with E-state index in [1.165, 1.54) is 6.20 Å². The summed E-state index contributed by atoms with van der Waals surface area (Å²) in [5, 5.41) is 3.79. The first-order valence-corrected chi connectivity index (χ1v) is 9.45. The van der Waals surface area contributed by atoms with E-state index in [2.05, 4.69) is 20.3 Å². The number of nitrogens with one attached hydrogen (secondary N) is 2. The number of Topliss-reactive ketones (excluding diaryl/α,β-unsaturated/α-hetero) is 1. The molecule has 4 rings (SSSR count). The van der Waals surface area contributed by atoms with Gasteiger partial charge >= 0.3 is 0 Å². The number of primary amides is 1. The molecule has 0 radical (unpaired) electrons. The third-order valence-corrected chi connectivity index (χ3v) is 4.77. The third kappa shape index (κ3) is 3.50. The lowest BCUT2D eigenvalue weighted by atomic mass is 10.0. The highest BCUT2D eigenvalue weighted by atomic mass is 16.2. The number of hydrogen-bond acceptors (Lipinski definition) is 6. The fourth-order valence-corrected chi connectivity index (χ4v) is 3.24. The molecule has 1 aromatic carbocycles. The molecule has 0 unspecified atom stereocenters. The number of rotatable bonds is 6. The second kappa shape index (κ2) is 7.75. The molecule has 8 heteroatoms. The molecule has 8 nitrogen and oxygen atoms in total. The summed E-state index contributed by atoms with van der Waals surface area (Å²) < 4.78 is 0. The van der Waals surface area contributed by atoms with Crippen LogP contribution in [0.5, 0.6) is 0 Å². The van der Waals surface area contributed by atoms with Gasteiger partial charge in [-0.15, -0.1) is 0 Å². The minimum atomic E-state index is -1.03. The van der Waals surface area contributed by atoms with Crippen molar-refractivity contribution >= 4 is 34.2 Å². The van der Waals surface area contributed by atoms with Gasteiger partial charge in [0.15, 0.2) is 5.82 Å². The summed E-state index contributed by atoms with van der Waals surface area (Å²) in [7, 11) is 0. The van der Waals surface area contributed by atoms with Gasteiger partial charge in [-0.25, -0.2) is 15.0 Å². The number of fused-ring (bicyclic) bond motifs is 1. The van der Waals surface area contributed by atoms with Crippen LogP contribution >= 0.6 is 0 Å². The highest BCUT2D eigenvalue weighted by Crippen LogP contribution is 2.32. The molecular weight excluding hydrogens is 380 g/mol. The van der Waals surface area contributed by atoms with Gasteiger partial charge in [0, 0.05) is 29.7 Å². The Hall–Kier alpha value is -4.07. The number of pyridine rings is 1. The van der Waals surface area contributed by atoms with Gasteiger partial charge < -0.3 is 16.0 Å². The lowest BCUT2D eigenvalue weighted by molar-refractivity contribution is -0.114. The van der Waals surface area contributed by atoms with Gasteiger partial charge in [-0.05, 0) is 12.0 Å². The molecule has 0 aliphatic heterocycles. The maximum atomic E-state index is 12.3. The smallest absolute Gasteiger partial charge is 0.289 e. The van der Waals surface area contributed by atoms with E-state index in [0.29, 0.717) is 28.4 Å². The SMILES string of the molecule is CC(C)c1cnc(-c2ccccc2)nc1Nc1ccnc2[nH]cc(C(=O)C(N)=O)c12. The number of H-pyrrole nitrogens is 1. The quantitative estimate of drug-likeness (QED) is 0.335. The molecule has 30 heavy (non-hydrogen) atoms. The maximum Gasteiger partial charge on any atom is 0.289 e. The van der Waals surface area contributed by atoms with E-state index >= 15 is 0 Å². The summed E-state index contributed by atoms with van der Waals surface area (Å²) in [6.45, 7) is 4.10. The first-order valence-electron chi connectivity index (χ1n) is 9.45. The molecule has 1 amide bonds. The van der Waals surface area contributed by atoms with Gasteiger partial charge in [0.25, 0.3) is 11.7 Å². The van der Waals surface area contributed by atoms with Crippen molar-refractivity contribution in [3.8, 4) is 11.4 Å². The first kappa shape index (κ1) is 19.3. The van der Waals surface area contributed by atoms with Crippen molar-refractivity contribution in [2.45, 2.75) is 19.8 Å². The van der Waals surface area contributed by atoms with Gasteiger partial charge in [0.1, 0.15) is 11.5 Å². The van der Waals surface area contributed by atoms with E-state index in [9.17, 15) is 9.59 Å². The second-order valence-corrected chi connectivity index (χ2v) is 7.12. The Morgan fingerprint density at radius 2 is 1.87 bits per heavy atom. The highest BCUT2D eigenvalue weighted by Gasteiger charge is 2.21. The predicted octanol–water partition coefficient (Wildman–Crippen LogP) is 3.55. The summed E-state index contributed by atoms with van der Waals surface area (Å²) in [6.07, 6.45) is 4.84. The Morgan fingerprint density at radius 1 is 1.10 bits per heavy atom. The number of hydrogen-bond donors (Lipinski definition) is 3. The number of ketones is 1. The highest BCUT2D eigenvalue weighted by molar-refractivity contribution is 6.44. The molecule has 0 aliphatic rings. The van der Waals surface area contributed by atoms with Crippen LogP contribution in [-0.2, 0) is 4.79 Å². The molecule has 150 valence electrons. The zero-order chi connectivity index (χ0) is 21.3. The summed E-state index contributed by atoms with van der Waals surface area (Å²) in [6, 6.07) is 11.4. The minimum Gasteiger partial charge on any atom is -0.363 e. The molecule has 0 fully saturated rings. The normalized spacial score (nSPS) is 11.0. The fraction of sp³-hybridized carbons (Fsp3) is 0.136. The van der Waals surface area contributed by atoms with Crippen molar-refractivity contribution in [1.82, 2.24) is 19.9 Å². The number of nitrogens with zero attached hydrogens (tertiary/aromatic N) is 3. The largest absolute Gasteiger partial charge is 0.363 e.